The van der Waals surface area contributed by atoms with Crippen LogP contribution in [0.4, 0.5) is 0 Å². The van der Waals surface area contributed by atoms with Crippen LogP contribution < -0.4 is 10.6 Å². The zero-order chi connectivity index (χ0) is 19.5. The molecule has 6 nitrogen and oxygen atoms in total. The van der Waals surface area contributed by atoms with E-state index in [0.29, 0.717) is 24.6 Å². The highest BCUT2D eigenvalue weighted by molar-refractivity contribution is 14.0. The van der Waals surface area contributed by atoms with Crippen molar-refractivity contribution in [3.05, 3.63) is 17.8 Å². The molecule has 0 aromatic carbocycles. The van der Waals surface area contributed by atoms with Crippen molar-refractivity contribution in [3.8, 4) is 0 Å². The Morgan fingerprint density at radius 2 is 2.04 bits per heavy atom. The minimum Gasteiger partial charge on any atom is -0.443 e. The van der Waals surface area contributed by atoms with E-state index < -0.39 is 0 Å². The van der Waals surface area contributed by atoms with E-state index in [1.807, 2.05) is 13.2 Å². The molecule has 2 atom stereocenters. The van der Waals surface area contributed by atoms with Crippen LogP contribution in [-0.2, 0) is 16.7 Å². The highest BCUT2D eigenvalue weighted by Crippen LogP contribution is 2.53. The molecule has 7 heteroatoms. The van der Waals surface area contributed by atoms with E-state index in [1.54, 1.807) is 0 Å². The van der Waals surface area contributed by atoms with Crippen LogP contribution in [0.15, 0.2) is 15.6 Å². The zero-order valence-corrected chi connectivity index (χ0v) is 20.3. The Balaban J connectivity index is 0.00000280. The zero-order valence-electron chi connectivity index (χ0n) is 18.0. The number of nitrogens with one attached hydrogen (secondary N) is 2. The maximum Gasteiger partial charge on any atom is 0.213 e. The van der Waals surface area contributed by atoms with Crippen molar-refractivity contribution in [2.45, 2.75) is 90.3 Å². The van der Waals surface area contributed by atoms with Crippen molar-refractivity contribution in [1.29, 1.82) is 0 Å². The van der Waals surface area contributed by atoms with E-state index in [0.717, 1.165) is 24.7 Å². The van der Waals surface area contributed by atoms with Gasteiger partial charge in [-0.2, -0.15) is 0 Å². The van der Waals surface area contributed by atoms with E-state index in [4.69, 9.17) is 9.15 Å². The summed E-state index contributed by atoms with van der Waals surface area (Å²) in [5.74, 6) is 2.41. The fourth-order valence-electron chi connectivity index (χ4n) is 4.52. The molecule has 2 fully saturated rings. The van der Waals surface area contributed by atoms with Gasteiger partial charge in [0, 0.05) is 30.5 Å². The number of nitrogens with zero attached hydrogens (tertiary/aromatic N) is 2. The van der Waals surface area contributed by atoms with E-state index in [9.17, 15) is 0 Å². The molecule has 28 heavy (non-hydrogen) atoms. The molecule has 0 bridgehead atoms. The highest BCUT2D eigenvalue weighted by Gasteiger charge is 2.55. The van der Waals surface area contributed by atoms with Gasteiger partial charge in [0.25, 0.3) is 0 Å². The Hall–Kier alpha value is -0.830. The first-order chi connectivity index (χ1) is 12.9. The van der Waals surface area contributed by atoms with Gasteiger partial charge >= 0.3 is 0 Å². The number of oxazole rings is 1. The number of hydrogen-bond donors (Lipinski definition) is 2. The van der Waals surface area contributed by atoms with Crippen molar-refractivity contribution >= 4 is 29.9 Å². The quantitative estimate of drug-likeness (QED) is 0.354. The van der Waals surface area contributed by atoms with Crippen molar-refractivity contribution in [1.82, 2.24) is 15.6 Å². The van der Waals surface area contributed by atoms with Gasteiger partial charge in [-0.3, -0.25) is 4.99 Å². The molecule has 2 aliphatic carbocycles. The molecule has 0 radical (unpaired) electrons. The second-order valence-corrected chi connectivity index (χ2v) is 8.96. The molecule has 3 rings (SSSR count). The minimum absolute atomic E-state index is 0. The molecule has 160 valence electrons. The van der Waals surface area contributed by atoms with Crippen LogP contribution >= 0.6 is 24.0 Å². The summed E-state index contributed by atoms with van der Waals surface area (Å²) in [5.41, 5.74) is 0.243. The first-order valence-electron chi connectivity index (χ1n) is 10.4. The molecule has 1 aromatic rings. The monoisotopic (exact) mass is 504 g/mol. The summed E-state index contributed by atoms with van der Waals surface area (Å²) < 4.78 is 11.9. The standard InChI is InChI=1S/C21H36N4O2.HI/c1-6-26-16-12-15(21(16)10-8-7-9-11-21)25-19(22-5)24-14-18-23-13-17(27-18)20(2,3)4;/h13,15-16H,6-12,14H2,1-5H3,(H2,22,24,25);1H. The Kier molecular flexibility index (Phi) is 8.19. The molecular formula is C21H37IN4O2. The number of aromatic nitrogens is 1. The van der Waals surface area contributed by atoms with Gasteiger partial charge in [-0.25, -0.2) is 4.98 Å². The van der Waals surface area contributed by atoms with Crippen LogP contribution in [0, 0.1) is 5.41 Å². The summed E-state index contributed by atoms with van der Waals surface area (Å²) in [7, 11) is 1.82. The molecule has 0 amide bonds. The van der Waals surface area contributed by atoms with Gasteiger partial charge in [0.15, 0.2) is 5.96 Å². The molecule has 2 N–H and O–H groups in total. The lowest BCUT2D eigenvalue weighted by Gasteiger charge is -2.57. The van der Waals surface area contributed by atoms with Crippen LogP contribution in [-0.4, -0.2) is 36.7 Å². The van der Waals surface area contributed by atoms with Crippen molar-refractivity contribution in [2.75, 3.05) is 13.7 Å². The summed E-state index contributed by atoms with van der Waals surface area (Å²) in [5, 5.41) is 7.01. The average Bonchev–Trinajstić information content (AvgIpc) is 3.13. The van der Waals surface area contributed by atoms with Crippen LogP contribution in [0.25, 0.3) is 0 Å². The number of guanidine groups is 1. The SMILES string of the molecule is CCOC1CC(NC(=NC)NCc2ncc(C(C)(C)C)o2)C12CCCCC2.I. The molecule has 0 aliphatic heterocycles. The maximum atomic E-state index is 6.06. The fraction of sp³-hybridized carbons (Fsp3) is 0.810. The lowest BCUT2D eigenvalue weighted by atomic mass is 9.55. The Bertz CT molecular complexity index is 647. The summed E-state index contributed by atoms with van der Waals surface area (Å²) in [6, 6.07) is 0.426. The Labute approximate surface area is 186 Å². The van der Waals surface area contributed by atoms with Gasteiger partial charge in [-0.05, 0) is 26.2 Å². The summed E-state index contributed by atoms with van der Waals surface area (Å²) in [6.45, 7) is 9.80. The summed E-state index contributed by atoms with van der Waals surface area (Å²) in [6.07, 6.45) is 9.73. The van der Waals surface area contributed by atoms with Crippen LogP contribution in [0.2, 0.25) is 0 Å². The Morgan fingerprint density at radius 3 is 2.61 bits per heavy atom. The molecule has 2 saturated carbocycles. The Morgan fingerprint density at radius 1 is 1.32 bits per heavy atom. The van der Waals surface area contributed by atoms with Gasteiger partial charge < -0.3 is 19.8 Å². The van der Waals surface area contributed by atoms with E-state index in [-0.39, 0.29) is 34.8 Å². The van der Waals surface area contributed by atoms with E-state index in [2.05, 4.69) is 48.3 Å². The molecule has 0 saturated heterocycles. The minimum atomic E-state index is -0.0290. The van der Waals surface area contributed by atoms with Crippen molar-refractivity contribution < 1.29 is 9.15 Å². The third kappa shape index (κ3) is 5.01. The molecule has 2 unspecified atom stereocenters. The molecule has 1 spiro atoms. The smallest absolute Gasteiger partial charge is 0.213 e. The van der Waals surface area contributed by atoms with E-state index >= 15 is 0 Å². The normalized spacial score (nSPS) is 24.4. The second-order valence-electron chi connectivity index (χ2n) is 8.96. The molecule has 1 heterocycles. The number of aliphatic imine (C=N–C) groups is 1. The predicted octanol–water partition coefficient (Wildman–Crippen LogP) is 4.38. The third-order valence-electron chi connectivity index (χ3n) is 6.17. The van der Waals surface area contributed by atoms with Crippen molar-refractivity contribution in [3.63, 3.8) is 0 Å². The summed E-state index contributed by atoms with van der Waals surface area (Å²) in [4.78, 5) is 8.80. The summed E-state index contributed by atoms with van der Waals surface area (Å²) >= 11 is 0. The van der Waals surface area contributed by atoms with Gasteiger partial charge in [0.05, 0.1) is 18.8 Å². The van der Waals surface area contributed by atoms with Gasteiger partial charge in [-0.15, -0.1) is 24.0 Å². The molecule has 1 aromatic heterocycles. The van der Waals surface area contributed by atoms with Crippen LogP contribution in [0.3, 0.4) is 0 Å². The molecular weight excluding hydrogens is 467 g/mol. The number of ether oxygens (including phenoxy) is 1. The topological polar surface area (TPSA) is 71.7 Å². The number of rotatable bonds is 5. The second kappa shape index (κ2) is 9.78. The predicted molar refractivity (Wildman–Crippen MR) is 123 cm³/mol. The third-order valence-corrected chi connectivity index (χ3v) is 6.17. The van der Waals surface area contributed by atoms with Gasteiger partial charge in [0.1, 0.15) is 5.76 Å². The number of hydrogen-bond acceptors (Lipinski definition) is 4. The first kappa shape index (κ1) is 23.4. The van der Waals surface area contributed by atoms with E-state index in [1.165, 1.54) is 32.1 Å². The van der Waals surface area contributed by atoms with Gasteiger partial charge in [0.2, 0.25) is 5.89 Å². The molecule has 2 aliphatic rings. The lowest BCUT2D eigenvalue weighted by Crippen LogP contribution is -2.66. The first-order valence-corrected chi connectivity index (χ1v) is 10.4. The van der Waals surface area contributed by atoms with Crippen LogP contribution in [0.5, 0.6) is 0 Å². The lowest BCUT2D eigenvalue weighted by molar-refractivity contribution is -0.145. The van der Waals surface area contributed by atoms with Crippen molar-refractivity contribution in [2.24, 2.45) is 10.4 Å². The average molecular weight is 504 g/mol. The highest BCUT2D eigenvalue weighted by atomic mass is 127. The largest absolute Gasteiger partial charge is 0.443 e. The fourth-order valence-corrected chi connectivity index (χ4v) is 4.52. The maximum absolute atomic E-state index is 6.06. The van der Waals surface area contributed by atoms with Crippen LogP contribution in [0.1, 0.15) is 77.9 Å². The van der Waals surface area contributed by atoms with Gasteiger partial charge in [-0.1, -0.05) is 40.0 Å². The number of halogens is 1.